The summed E-state index contributed by atoms with van der Waals surface area (Å²) in [6, 6.07) is 8.48. The molecule has 0 bridgehead atoms. The van der Waals surface area contributed by atoms with Crippen molar-refractivity contribution in [3.05, 3.63) is 46.4 Å². The number of hydrogen-bond acceptors (Lipinski definition) is 3. The molecule has 0 aliphatic carbocycles. The second-order valence-electron chi connectivity index (χ2n) is 5.37. The van der Waals surface area contributed by atoms with Gasteiger partial charge in [-0.3, -0.25) is 4.79 Å². The molecule has 1 aliphatic rings. The summed E-state index contributed by atoms with van der Waals surface area (Å²) in [6.07, 6.45) is 5.11. The molecule has 5 heteroatoms. The summed E-state index contributed by atoms with van der Waals surface area (Å²) < 4.78 is 2.14. The van der Waals surface area contributed by atoms with Crippen LogP contribution in [0.2, 0.25) is 0 Å². The van der Waals surface area contributed by atoms with E-state index in [0.717, 1.165) is 38.0 Å². The van der Waals surface area contributed by atoms with E-state index in [1.54, 1.807) is 11.3 Å². The number of nitrogens with one attached hydrogen (secondary N) is 2. The fourth-order valence-corrected chi connectivity index (χ4v) is 3.54. The molecule has 1 fully saturated rings. The van der Waals surface area contributed by atoms with Crippen molar-refractivity contribution < 1.29 is 4.79 Å². The quantitative estimate of drug-likeness (QED) is 0.891. The first kappa shape index (κ1) is 14.4. The molecule has 0 saturated carbocycles. The lowest BCUT2D eigenvalue weighted by molar-refractivity contribution is 0.0941. The van der Waals surface area contributed by atoms with E-state index in [4.69, 9.17) is 0 Å². The Morgan fingerprint density at radius 1 is 1.33 bits per heavy atom. The summed E-state index contributed by atoms with van der Waals surface area (Å²) in [5, 5.41) is 8.47. The van der Waals surface area contributed by atoms with Gasteiger partial charge in [-0.15, -0.1) is 11.3 Å². The van der Waals surface area contributed by atoms with Crippen molar-refractivity contribution >= 4 is 17.2 Å². The van der Waals surface area contributed by atoms with Gasteiger partial charge in [0.1, 0.15) is 5.69 Å². The van der Waals surface area contributed by atoms with Gasteiger partial charge in [0, 0.05) is 23.7 Å². The van der Waals surface area contributed by atoms with Crippen molar-refractivity contribution in [2.24, 2.45) is 0 Å². The number of nitrogens with zero attached hydrogens (tertiary/aromatic N) is 1. The predicted octanol–water partition coefficient (Wildman–Crippen LogP) is 2.45. The van der Waals surface area contributed by atoms with Crippen LogP contribution in [-0.2, 0) is 6.42 Å². The second-order valence-corrected chi connectivity index (χ2v) is 6.40. The maximum absolute atomic E-state index is 12.4. The van der Waals surface area contributed by atoms with E-state index in [-0.39, 0.29) is 5.91 Å². The van der Waals surface area contributed by atoms with Crippen molar-refractivity contribution in [3.63, 3.8) is 0 Å². The van der Waals surface area contributed by atoms with Crippen molar-refractivity contribution in [2.75, 3.05) is 19.6 Å². The Balaban J connectivity index is 1.58. The molecule has 0 radical (unpaired) electrons. The Bertz CT molecular complexity index is 570. The monoisotopic (exact) mass is 303 g/mol. The van der Waals surface area contributed by atoms with Crippen molar-refractivity contribution in [1.82, 2.24) is 15.2 Å². The molecular weight excluding hydrogens is 282 g/mol. The molecule has 1 amide bonds. The van der Waals surface area contributed by atoms with Crippen LogP contribution >= 0.6 is 11.3 Å². The second kappa shape index (κ2) is 6.91. The average Bonchev–Trinajstić information content (AvgIpc) is 3.19. The maximum Gasteiger partial charge on any atom is 0.267 e. The van der Waals surface area contributed by atoms with Crippen LogP contribution < -0.4 is 10.6 Å². The molecule has 0 unspecified atom stereocenters. The van der Waals surface area contributed by atoms with E-state index in [1.165, 1.54) is 4.88 Å². The van der Waals surface area contributed by atoms with Gasteiger partial charge in [0.2, 0.25) is 0 Å². The Hall–Kier alpha value is -1.59. The van der Waals surface area contributed by atoms with Gasteiger partial charge in [0.05, 0.1) is 0 Å². The van der Waals surface area contributed by atoms with Crippen molar-refractivity contribution in [2.45, 2.75) is 25.3 Å². The van der Waals surface area contributed by atoms with Crippen LogP contribution in [0.15, 0.2) is 35.8 Å². The standard InChI is InChI=1S/C16H21N3OS/c20-16(18-10-7-14-3-2-12-21-14)15-4-1-11-19(15)13-5-8-17-9-6-13/h1-4,11-13,17H,5-10H2,(H,18,20). The molecule has 1 saturated heterocycles. The van der Waals surface area contributed by atoms with Crippen LogP contribution in [0, 0.1) is 0 Å². The molecule has 1 aliphatic heterocycles. The summed E-state index contributed by atoms with van der Waals surface area (Å²) in [5.41, 5.74) is 0.785. The Morgan fingerprint density at radius 2 is 2.19 bits per heavy atom. The van der Waals surface area contributed by atoms with E-state index in [9.17, 15) is 4.79 Å². The van der Waals surface area contributed by atoms with Gasteiger partial charge < -0.3 is 15.2 Å². The van der Waals surface area contributed by atoms with Gasteiger partial charge in [-0.1, -0.05) is 6.07 Å². The van der Waals surface area contributed by atoms with Crippen LogP contribution in [0.4, 0.5) is 0 Å². The predicted molar refractivity (Wildman–Crippen MR) is 85.9 cm³/mol. The lowest BCUT2D eigenvalue weighted by Crippen LogP contribution is -2.33. The van der Waals surface area contributed by atoms with Gasteiger partial charge in [0.25, 0.3) is 5.91 Å². The average molecular weight is 303 g/mol. The third-order valence-electron chi connectivity index (χ3n) is 3.95. The summed E-state index contributed by atoms with van der Waals surface area (Å²) >= 11 is 1.73. The zero-order chi connectivity index (χ0) is 14.5. The summed E-state index contributed by atoms with van der Waals surface area (Å²) in [5.74, 6) is 0.0371. The van der Waals surface area contributed by atoms with Crippen LogP contribution in [0.25, 0.3) is 0 Å². The molecule has 3 rings (SSSR count). The Kier molecular flexibility index (Phi) is 4.72. The first-order valence-corrected chi connectivity index (χ1v) is 8.41. The van der Waals surface area contributed by atoms with Gasteiger partial charge in [-0.25, -0.2) is 0 Å². The number of carbonyl (C=O) groups is 1. The molecule has 112 valence electrons. The minimum absolute atomic E-state index is 0.0371. The summed E-state index contributed by atoms with van der Waals surface area (Å²) in [6.45, 7) is 2.75. The number of thiophene rings is 1. The van der Waals surface area contributed by atoms with E-state index >= 15 is 0 Å². The highest BCUT2D eigenvalue weighted by Gasteiger charge is 2.19. The minimum Gasteiger partial charge on any atom is -0.350 e. The molecule has 2 aromatic rings. The number of carbonyl (C=O) groups excluding carboxylic acids is 1. The molecule has 4 nitrogen and oxygen atoms in total. The van der Waals surface area contributed by atoms with Crippen LogP contribution in [0.3, 0.4) is 0 Å². The Morgan fingerprint density at radius 3 is 2.95 bits per heavy atom. The minimum atomic E-state index is 0.0371. The third kappa shape index (κ3) is 3.54. The molecule has 3 heterocycles. The zero-order valence-electron chi connectivity index (χ0n) is 12.0. The summed E-state index contributed by atoms with van der Waals surface area (Å²) in [7, 11) is 0. The number of aromatic nitrogens is 1. The maximum atomic E-state index is 12.4. The number of amides is 1. The van der Waals surface area contributed by atoms with Crippen molar-refractivity contribution in [1.29, 1.82) is 0 Å². The lowest BCUT2D eigenvalue weighted by Gasteiger charge is -2.25. The van der Waals surface area contributed by atoms with E-state index in [0.29, 0.717) is 12.6 Å². The molecule has 21 heavy (non-hydrogen) atoms. The third-order valence-corrected chi connectivity index (χ3v) is 4.89. The number of piperidine rings is 1. The SMILES string of the molecule is O=C(NCCc1cccs1)c1cccn1C1CCNCC1. The lowest BCUT2D eigenvalue weighted by atomic mass is 10.1. The highest BCUT2D eigenvalue weighted by atomic mass is 32.1. The molecule has 0 atom stereocenters. The first-order chi connectivity index (χ1) is 10.3. The molecule has 0 spiro atoms. The van der Waals surface area contributed by atoms with E-state index in [1.807, 2.05) is 24.4 Å². The van der Waals surface area contributed by atoms with Crippen LogP contribution in [0.5, 0.6) is 0 Å². The zero-order valence-corrected chi connectivity index (χ0v) is 12.9. The van der Waals surface area contributed by atoms with Gasteiger partial charge >= 0.3 is 0 Å². The smallest absolute Gasteiger partial charge is 0.267 e. The van der Waals surface area contributed by atoms with Gasteiger partial charge in [0.15, 0.2) is 0 Å². The highest BCUT2D eigenvalue weighted by Crippen LogP contribution is 2.21. The first-order valence-electron chi connectivity index (χ1n) is 7.53. The molecular formula is C16H21N3OS. The molecule has 2 N–H and O–H groups in total. The topological polar surface area (TPSA) is 46.1 Å². The summed E-state index contributed by atoms with van der Waals surface area (Å²) in [4.78, 5) is 13.7. The fourth-order valence-electron chi connectivity index (χ4n) is 2.83. The fraction of sp³-hybridized carbons (Fsp3) is 0.438. The Labute approximate surface area is 129 Å². The molecule has 0 aromatic carbocycles. The number of hydrogen-bond donors (Lipinski definition) is 2. The molecule has 2 aromatic heterocycles. The van der Waals surface area contributed by atoms with Crippen LogP contribution in [0.1, 0.15) is 34.2 Å². The van der Waals surface area contributed by atoms with E-state index in [2.05, 4.69) is 26.6 Å². The van der Waals surface area contributed by atoms with Gasteiger partial charge in [-0.05, 0) is 55.9 Å². The largest absolute Gasteiger partial charge is 0.350 e. The van der Waals surface area contributed by atoms with Crippen molar-refractivity contribution in [3.8, 4) is 0 Å². The number of rotatable bonds is 5. The normalized spacial score (nSPS) is 16.0. The van der Waals surface area contributed by atoms with Gasteiger partial charge in [-0.2, -0.15) is 0 Å². The van der Waals surface area contributed by atoms with Crippen LogP contribution in [-0.4, -0.2) is 30.1 Å². The van der Waals surface area contributed by atoms with E-state index < -0.39 is 0 Å². The highest BCUT2D eigenvalue weighted by molar-refractivity contribution is 7.09.